The molecule has 0 heterocycles. The van der Waals surface area contributed by atoms with Gasteiger partial charge in [-0.3, -0.25) is 0 Å². The molecule has 0 aliphatic heterocycles. The molecule has 0 amide bonds. The molecule has 20 heavy (non-hydrogen) atoms. The van der Waals surface area contributed by atoms with Crippen molar-refractivity contribution < 1.29 is 19.4 Å². The van der Waals surface area contributed by atoms with Gasteiger partial charge in [-0.2, -0.15) is 0 Å². The summed E-state index contributed by atoms with van der Waals surface area (Å²) in [6, 6.07) is 5.40. The molecule has 0 bridgehead atoms. The van der Waals surface area contributed by atoms with Crippen LogP contribution >= 0.6 is 0 Å². The van der Waals surface area contributed by atoms with Crippen molar-refractivity contribution in [1.82, 2.24) is 0 Å². The van der Waals surface area contributed by atoms with E-state index in [0.29, 0.717) is 30.4 Å². The van der Waals surface area contributed by atoms with Crippen LogP contribution in [0.5, 0.6) is 11.5 Å². The molecule has 0 saturated heterocycles. The summed E-state index contributed by atoms with van der Waals surface area (Å²) < 4.78 is 16.3. The predicted octanol–water partition coefficient (Wildman–Crippen LogP) is 3.09. The van der Waals surface area contributed by atoms with Crippen molar-refractivity contribution in [2.75, 3.05) is 26.9 Å². The number of nitrogens with zero attached hydrogens (tertiary/aromatic N) is 1. The smallest absolute Gasteiger partial charge is 0.161 e. The minimum atomic E-state index is 0.479. The zero-order valence-electron chi connectivity index (χ0n) is 12.4. The Labute approximate surface area is 120 Å². The third-order valence-corrected chi connectivity index (χ3v) is 2.86. The van der Waals surface area contributed by atoms with Crippen molar-refractivity contribution in [3.8, 4) is 11.5 Å². The summed E-state index contributed by atoms with van der Waals surface area (Å²) in [6.07, 6.45) is 2.19. The third-order valence-electron chi connectivity index (χ3n) is 2.86. The SMILES string of the molecule is CCCCOCCOc1ccc(C(C)=NO)cc1OC. The Bertz CT molecular complexity index is 432. The summed E-state index contributed by atoms with van der Waals surface area (Å²) in [5.41, 5.74) is 1.31. The summed E-state index contributed by atoms with van der Waals surface area (Å²) in [7, 11) is 1.58. The van der Waals surface area contributed by atoms with Crippen molar-refractivity contribution in [3.05, 3.63) is 23.8 Å². The highest BCUT2D eigenvalue weighted by Gasteiger charge is 2.07. The van der Waals surface area contributed by atoms with Gasteiger partial charge in [0.2, 0.25) is 0 Å². The van der Waals surface area contributed by atoms with E-state index in [1.807, 2.05) is 6.07 Å². The molecular formula is C15H23NO4. The molecule has 0 saturated carbocycles. The molecule has 1 aromatic carbocycles. The summed E-state index contributed by atoms with van der Waals surface area (Å²) in [4.78, 5) is 0. The molecule has 0 spiro atoms. The molecule has 5 nitrogen and oxygen atoms in total. The van der Waals surface area contributed by atoms with E-state index in [9.17, 15) is 0 Å². The maximum Gasteiger partial charge on any atom is 0.161 e. The van der Waals surface area contributed by atoms with Crippen molar-refractivity contribution in [1.29, 1.82) is 0 Å². The van der Waals surface area contributed by atoms with Crippen LogP contribution in [-0.4, -0.2) is 37.8 Å². The van der Waals surface area contributed by atoms with E-state index in [1.54, 1.807) is 26.2 Å². The quantitative estimate of drug-likeness (QED) is 0.327. The summed E-state index contributed by atoms with van der Waals surface area (Å²) in [5.74, 6) is 1.26. The Hall–Kier alpha value is -1.75. The lowest BCUT2D eigenvalue weighted by Gasteiger charge is -2.12. The minimum Gasteiger partial charge on any atom is -0.493 e. The highest BCUT2D eigenvalue weighted by molar-refractivity contribution is 5.98. The average molecular weight is 281 g/mol. The van der Waals surface area contributed by atoms with E-state index in [0.717, 1.165) is 25.0 Å². The summed E-state index contributed by atoms with van der Waals surface area (Å²) in [6.45, 7) is 5.65. The Morgan fingerprint density at radius 3 is 2.65 bits per heavy atom. The lowest BCUT2D eigenvalue weighted by atomic mass is 10.1. The molecule has 5 heteroatoms. The Kier molecular flexibility index (Phi) is 7.50. The molecule has 112 valence electrons. The second-order valence-corrected chi connectivity index (χ2v) is 4.37. The van der Waals surface area contributed by atoms with Crippen LogP contribution in [0.3, 0.4) is 0 Å². The van der Waals surface area contributed by atoms with Gasteiger partial charge in [0, 0.05) is 12.2 Å². The van der Waals surface area contributed by atoms with Crippen LogP contribution in [0, 0.1) is 0 Å². The van der Waals surface area contributed by atoms with Gasteiger partial charge in [-0.25, -0.2) is 0 Å². The van der Waals surface area contributed by atoms with Gasteiger partial charge in [0.05, 0.1) is 19.4 Å². The van der Waals surface area contributed by atoms with Gasteiger partial charge in [-0.05, 0) is 31.5 Å². The number of ether oxygens (including phenoxy) is 3. The van der Waals surface area contributed by atoms with Gasteiger partial charge in [-0.15, -0.1) is 0 Å². The Morgan fingerprint density at radius 2 is 2.00 bits per heavy atom. The number of rotatable bonds is 9. The van der Waals surface area contributed by atoms with Crippen LogP contribution in [-0.2, 0) is 4.74 Å². The van der Waals surface area contributed by atoms with Gasteiger partial charge in [0.25, 0.3) is 0 Å². The normalized spacial score (nSPS) is 11.4. The Morgan fingerprint density at radius 1 is 1.20 bits per heavy atom. The van der Waals surface area contributed by atoms with Gasteiger partial charge in [0.15, 0.2) is 11.5 Å². The second kappa shape index (κ2) is 9.20. The molecule has 0 atom stereocenters. The number of unbranched alkanes of at least 4 members (excludes halogenated alkanes) is 1. The minimum absolute atomic E-state index is 0.479. The van der Waals surface area contributed by atoms with Crippen molar-refractivity contribution >= 4 is 5.71 Å². The fourth-order valence-electron chi connectivity index (χ4n) is 1.63. The molecular weight excluding hydrogens is 258 g/mol. The largest absolute Gasteiger partial charge is 0.493 e. The van der Waals surface area contributed by atoms with Crippen LogP contribution in [0.25, 0.3) is 0 Å². The fourth-order valence-corrected chi connectivity index (χ4v) is 1.63. The molecule has 0 aromatic heterocycles. The molecule has 1 rings (SSSR count). The van der Waals surface area contributed by atoms with Crippen LogP contribution in [0.4, 0.5) is 0 Å². The van der Waals surface area contributed by atoms with Crippen LogP contribution in [0.15, 0.2) is 23.4 Å². The maximum atomic E-state index is 8.76. The van der Waals surface area contributed by atoms with E-state index in [1.165, 1.54) is 0 Å². The highest BCUT2D eigenvalue weighted by atomic mass is 16.5. The summed E-state index contributed by atoms with van der Waals surface area (Å²) in [5, 5.41) is 11.9. The van der Waals surface area contributed by atoms with Gasteiger partial charge >= 0.3 is 0 Å². The predicted molar refractivity (Wildman–Crippen MR) is 78.2 cm³/mol. The van der Waals surface area contributed by atoms with Crippen molar-refractivity contribution in [3.63, 3.8) is 0 Å². The van der Waals surface area contributed by atoms with Gasteiger partial charge in [0.1, 0.15) is 6.61 Å². The van der Waals surface area contributed by atoms with E-state index in [4.69, 9.17) is 19.4 Å². The van der Waals surface area contributed by atoms with Crippen molar-refractivity contribution in [2.45, 2.75) is 26.7 Å². The number of hydrogen-bond acceptors (Lipinski definition) is 5. The van der Waals surface area contributed by atoms with E-state index in [-0.39, 0.29) is 0 Å². The monoisotopic (exact) mass is 281 g/mol. The first-order valence-corrected chi connectivity index (χ1v) is 6.80. The van der Waals surface area contributed by atoms with Crippen molar-refractivity contribution in [2.24, 2.45) is 5.16 Å². The van der Waals surface area contributed by atoms with E-state index in [2.05, 4.69) is 12.1 Å². The number of oxime groups is 1. The number of benzene rings is 1. The standard InChI is InChI=1S/C15H23NO4/c1-4-5-8-19-9-10-20-14-7-6-13(12(2)16-17)11-15(14)18-3/h6-7,11,17H,4-5,8-10H2,1-3H3. The van der Waals surface area contributed by atoms with Gasteiger partial charge in [-0.1, -0.05) is 18.5 Å². The first-order chi connectivity index (χ1) is 9.72. The number of hydrogen-bond donors (Lipinski definition) is 1. The highest BCUT2D eigenvalue weighted by Crippen LogP contribution is 2.28. The van der Waals surface area contributed by atoms with E-state index < -0.39 is 0 Å². The molecule has 0 fully saturated rings. The molecule has 0 aliphatic rings. The zero-order chi connectivity index (χ0) is 14.8. The second-order valence-electron chi connectivity index (χ2n) is 4.37. The first-order valence-electron chi connectivity index (χ1n) is 6.80. The molecule has 1 N–H and O–H groups in total. The van der Waals surface area contributed by atoms with E-state index >= 15 is 0 Å². The fraction of sp³-hybridized carbons (Fsp3) is 0.533. The van der Waals surface area contributed by atoms with Crippen LogP contribution < -0.4 is 9.47 Å². The Balaban J connectivity index is 2.53. The summed E-state index contributed by atoms with van der Waals surface area (Å²) >= 11 is 0. The topological polar surface area (TPSA) is 60.3 Å². The average Bonchev–Trinajstić information content (AvgIpc) is 2.50. The maximum absolute atomic E-state index is 8.76. The molecule has 1 aromatic rings. The van der Waals surface area contributed by atoms with Gasteiger partial charge < -0.3 is 19.4 Å². The van der Waals surface area contributed by atoms with Crippen LogP contribution in [0.1, 0.15) is 32.3 Å². The van der Waals surface area contributed by atoms with Crippen LogP contribution in [0.2, 0.25) is 0 Å². The first kappa shape index (κ1) is 16.3. The zero-order valence-corrected chi connectivity index (χ0v) is 12.4. The lowest BCUT2D eigenvalue weighted by molar-refractivity contribution is 0.0970. The molecule has 0 aliphatic carbocycles. The third kappa shape index (κ3) is 5.09. The lowest BCUT2D eigenvalue weighted by Crippen LogP contribution is -2.08. The number of methoxy groups -OCH3 is 1. The molecule has 0 radical (unpaired) electrons. The molecule has 0 unspecified atom stereocenters.